The van der Waals surface area contributed by atoms with Gasteiger partial charge in [-0.05, 0) is 29.3 Å². The molecule has 4 aromatic rings. The van der Waals surface area contributed by atoms with Gasteiger partial charge in [-0.25, -0.2) is 4.79 Å². The van der Waals surface area contributed by atoms with Gasteiger partial charge < -0.3 is 15.4 Å². The van der Waals surface area contributed by atoms with Crippen molar-refractivity contribution in [1.29, 1.82) is 0 Å². The van der Waals surface area contributed by atoms with Gasteiger partial charge in [-0.1, -0.05) is 102 Å². The van der Waals surface area contributed by atoms with Crippen LogP contribution in [0.25, 0.3) is 21.9 Å². The fraction of sp³-hybridized carbons (Fsp3) is 0.154. The molecule has 35 heavy (non-hydrogen) atoms. The summed E-state index contributed by atoms with van der Waals surface area (Å²) in [4.78, 5) is 26.1. The van der Waals surface area contributed by atoms with Crippen molar-refractivity contribution in [2.75, 3.05) is 11.9 Å². The molecule has 0 bridgehead atoms. The van der Waals surface area contributed by atoms with E-state index in [-0.39, 0.29) is 6.61 Å². The van der Waals surface area contributed by atoms with Crippen molar-refractivity contribution in [3.63, 3.8) is 0 Å². The van der Waals surface area contributed by atoms with Crippen molar-refractivity contribution in [2.24, 2.45) is 0 Å². The van der Waals surface area contributed by atoms with Gasteiger partial charge in [0, 0.05) is 16.5 Å². The first-order chi connectivity index (χ1) is 16.8. The number of rotatable bonds is 7. The molecule has 0 unspecified atom stereocenters. The third kappa shape index (κ3) is 5.73. The minimum absolute atomic E-state index is 0.202. The third-order valence-corrected chi connectivity index (χ3v) is 6.83. The Balaban J connectivity index is 1.68. The van der Waals surface area contributed by atoms with E-state index in [4.69, 9.17) is 39.5 Å². The van der Waals surface area contributed by atoms with Gasteiger partial charge in [0.2, 0.25) is 3.79 Å². The SMILES string of the molecule is CCOC(=O)c1c(-c2ccccc2)csc1N[C@H](NC(=O)c1cccc2ccccc12)C(Cl)(Cl)Cl. The number of ether oxygens (including phenoxy) is 1. The lowest BCUT2D eigenvalue weighted by molar-refractivity contribution is 0.0529. The minimum Gasteiger partial charge on any atom is -0.462 e. The number of carbonyl (C=O) groups excluding carboxylic acids is 2. The first-order valence-electron chi connectivity index (χ1n) is 10.8. The number of hydrogen-bond acceptors (Lipinski definition) is 5. The molecule has 0 saturated carbocycles. The van der Waals surface area contributed by atoms with Crippen LogP contribution in [-0.2, 0) is 4.74 Å². The highest BCUT2D eigenvalue weighted by atomic mass is 35.6. The van der Waals surface area contributed by atoms with Gasteiger partial charge in [0.1, 0.15) is 16.7 Å². The van der Waals surface area contributed by atoms with E-state index in [9.17, 15) is 9.59 Å². The first-order valence-corrected chi connectivity index (χ1v) is 12.8. The van der Waals surface area contributed by atoms with Crippen LogP contribution in [0.4, 0.5) is 5.00 Å². The lowest BCUT2D eigenvalue weighted by atomic mass is 10.0. The minimum atomic E-state index is -1.93. The molecule has 1 amide bonds. The first kappa shape index (κ1) is 25.3. The van der Waals surface area contributed by atoms with Crippen molar-refractivity contribution in [3.05, 3.63) is 89.3 Å². The van der Waals surface area contributed by atoms with E-state index in [0.29, 0.717) is 21.7 Å². The number of esters is 1. The largest absolute Gasteiger partial charge is 0.462 e. The molecular weight excluding hydrogens is 527 g/mol. The van der Waals surface area contributed by atoms with Crippen molar-refractivity contribution >= 4 is 73.8 Å². The molecule has 1 heterocycles. The predicted octanol–water partition coefficient (Wildman–Crippen LogP) is 7.28. The van der Waals surface area contributed by atoms with E-state index in [1.807, 2.05) is 66.0 Å². The van der Waals surface area contributed by atoms with Gasteiger partial charge in [-0.2, -0.15) is 0 Å². The van der Waals surface area contributed by atoms with Gasteiger partial charge >= 0.3 is 5.97 Å². The molecule has 9 heteroatoms. The summed E-state index contributed by atoms with van der Waals surface area (Å²) < 4.78 is 3.37. The maximum Gasteiger partial charge on any atom is 0.341 e. The molecule has 2 N–H and O–H groups in total. The smallest absolute Gasteiger partial charge is 0.341 e. The second-order valence-corrected chi connectivity index (χ2v) is 10.8. The molecule has 1 aromatic heterocycles. The Morgan fingerprint density at radius 3 is 2.37 bits per heavy atom. The Labute approximate surface area is 222 Å². The summed E-state index contributed by atoms with van der Waals surface area (Å²) >= 11 is 20.0. The number of anilines is 1. The number of fused-ring (bicyclic) bond motifs is 1. The van der Waals surface area contributed by atoms with Crippen molar-refractivity contribution < 1.29 is 14.3 Å². The number of alkyl halides is 3. The third-order valence-electron chi connectivity index (χ3n) is 5.27. The molecule has 0 aliphatic carbocycles. The molecule has 3 aromatic carbocycles. The Bertz CT molecular complexity index is 1350. The molecule has 0 saturated heterocycles. The van der Waals surface area contributed by atoms with Crippen LogP contribution in [0.3, 0.4) is 0 Å². The van der Waals surface area contributed by atoms with Gasteiger partial charge in [0.25, 0.3) is 5.91 Å². The average molecular weight is 548 g/mol. The summed E-state index contributed by atoms with van der Waals surface area (Å²) in [5.74, 6) is -0.943. The quantitative estimate of drug-likeness (QED) is 0.145. The molecule has 0 fully saturated rings. The Morgan fingerprint density at radius 2 is 1.66 bits per heavy atom. The van der Waals surface area contributed by atoms with E-state index in [1.54, 1.807) is 19.1 Å². The Kier molecular flexibility index (Phi) is 7.87. The van der Waals surface area contributed by atoms with Crippen LogP contribution >= 0.6 is 46.1 Å². The lowest BCUT2D eigenvalue weighted by Gasteiger charge is -2.27. The number of hydrogen-bond donors (Lipinski definition) is 2. The zero-order valence-electron chi connectivity index (χ0n) is 18.6. The summed E-state index contributed by atoms with van der Waals surface area (Å²) in [6.45, 7) is 1.93. The maximum absolute atomic E-state index is 13.2. The molecular formula is C26H21Cl3N2O3S. The normalized spacial score (nSPS) is 12.2. The Hall–Kier alpha value is -2.77. The maximum atomic E-state index is 13.2. The average Bonchev–Trinajstić information content (AvgIpc) is 3.27. The fourth-order valence-corrected chi connectivity index (χ4v) is 4.98. The number of amides is 1. The van der Waals surface area contributed by atoms with Gasteiger partial charge in [-0.15, -0.1) is 11.3 Å². The highest BCUT2D eigenvalue weighted by Crippen LogP contribution is 2.39. The summed E-state index contributed by atoms with van der Waals surface area (Å²) in [6, 6.07) is 22.4. The van der Waals surface area contributed by atoms with Crippen LogP contribution in [0.1, 0.15) is 27.6 Å². The molecule has 0 aliphatic heterocycles. The zero-order valence-corrected chi connectivity index (χ0v) is 21.6. The number of nitrogens with one attached hydrogen (secondary N) is 2. The second kappa shape index (κ2) is 10.9. The van der Waals surface area contributed by atoms with Crippen LogP contribution in [0.2, 0.25) is 0 Å². The zero-order chi connectivity index (χ0) is 25.0. The summed E-state index contributed by atoms with van der Waals surface area (Å²) in [5.41, 5.74) is 2.26. The fourth-order valence-electron chi connectivity index (χ4n) is 3.66. The summed E-state index contributed by atoms with van der Waals surface area (Å²) in [6.07, 6.45) is -1.14. The molecule has 0 radical (unpaired) electrons. The topological polar surface area (TPSA) is 67.4 Å². The molecule has 0 spiro atoms. The Morgan fingerprint density at radius 1 is 0.971 bits per heavy atom. The van der Waals surface area contributed by atoms with Gasteiger partial charge in [0.05, 0.1) is 6.61 Å². The number of thiophene rings is 1. The van der Waals surface area contributed by atoms with Crippen LogP contribution in [0.15, 0.2) is 78.2 Å². The highest BCUT2D eigenvalue weighted by molar-refractivity contribution is 7.15. The van der Waals surface area contributed by atoms with Crippen LogP contribution in [-0.4, -0.2) is 28.4 Å². The number of carbonyl (C=O) groups is 2. The molecule has 4 rings (SSSR count). The van der Waals surface area contributed by atoms with E-state index < -0.39 is 21.8 Å². The predicted molar refractivity (Wildman–Crippen MR) is 145 cm³/mol. The van der Waals surface area contributed by atoms with E-state index in [0.717, 1.165) is 16.3 Å². The van der Waals surface area contributed by atoms with Crippen molar-refractivity contribution in [2.45, 2.75) is 16.9 Å². The summed E-state index contributed by atoms with van der Waals surface area (Å²) in [5, 5.41) is 9.74. The molecule has 1 atom stereocenters. The molecule has 0 aliphatic rings. The molecule has 5 nitrogen and oxygen atoms in total. The van der Waals surface area contributed by atoms with Gasteiger partial charge in [-0.3, -0.25) is 4.79 Å². The molecule has 180 valence electrons. The van der Waals surface area contributed by atoms with Crippen LogP contribution in [0, 0.1) is 0 Å². The number of benzene rings is 3. The van der Waals surface area contributed by atoms with Gasteiger partial charge in [0.15, 0.2) is 0 Å². The van der Waals surface area contributed by atoms with Crippen molar-refractivity contribution in [3.8, 4) is 11.1 Å². The lowest BCUT2D eigenvalue weighted by Crippen LogP contribution is -2.49. The monoisotopic (exact) mass is 546 g/mol. The second-order valence-electron chi connectivity index (χ2n) is 7.56. The van der Waals surface area contributed by atoms with E-state index in [1.165, 1.54) is 11.3 Å². The highest BCUT2D eigenvalue weighted by Gasteiger charge is 2.36. The number of halogens is 3. The van der Waals surface area contributed by atoms with Crippen LogP contribution < -0.4 is 10.6 Å². The van der Waals surface area contributed by atoms with Crippen LogP contribution in [0.5, 0.6) is 0 Å². The van der Waals surface area contributed by atoms with E-state index in [2.05, 4.69) is 10.6 Å². The standard InChI is InChI=1S/C26H21Cl3N2O3S/c1-2-34-24(33)21-20(17-9-4-3-5-10-17)15-35-23(21)31-25(26(27,28)29)30-22(32)19-14-8-12-16-11-6-7-13-18(16)19/h3-15,25,31H,2H2,1H3,(H,30,32)/t25-/m0/s1. The summed E-state index contributed by atoms with van der Waals surface area (Å²) in [7, 11) is 0. The van der Waals surface area contributed by atoms with Crippen molar-refractivity contribution in [1.82, 2.24) is 5.32 Å². The van der Waals surface area contributed by atoms with E-state index >= 15 is 0 Å².